The van der Waals surface area contributed by atoms with Gasteiger partial charge in [0.05, 0.1) is 7.11 Å². The van der Waals surface area contributed by atoms with E-state index in [2.05, 4.69) is 15.9 Å². The predicted molar refractivity (Wildman–Crippen MR) is 77.0 cm³/mol. The standard InChI is InChI=1S/C15H13BrO3/c1-18-13-7-5-11(6-8-13)15(17)10-19-14-4-2-3-12(16)9-14/h2-9H,10H2,1H3. The summed E-state index contributed by atoms with van der Waals surface area (Å²) in [4.78, 5) is 11.9. The number of hydrogen-bond acceptors (Lipinski definition) is 3. The average Bonchev–Trinajstić information content (AvgIpc) is 2.45. The smallest absolute Gasteiger partial charge is 0.200 e. The molecule has 4 heteroatoms. The molecule has 0 saturated heterocycles. The van der Waals surface area contributed by atoms with E-state index in [1.54, 1.807) is 31.4 Å². The summed E-state index contributed by atoms with van der Waals surface area (Å²) in [5.74, 6) is 1.32. The van der Waals surface area contributed by atoms with Gasteiger partial charge in [0.25, 0.3) is 0 Å². The number of carbonyl (C=O) groups excluding carboxylic acids is 1. The zero-order chi connectivity index (χ0) is 13.7. The van der Waals surface area contributed by atoms with E-state index in [1.807, 2.05) is 24.3 Å². The van der Waals surface area contributed by atoms with Crippen molar-refractivity contribution < 1.29 is 14.3 Å². The molecule has 0 aromatic heterocycles. The fraction of sp³-hybridized carbons (Fsp3) is 0.133. The van der Waals surface area contributed by atoms with Crippen LogP contribution in [0.5, 0.6) is 11.5 Å². The summed E-state index contributed by atoms with van der Waals surface area (Å²) >= 11 is 3.35. The van der Waals surface area contributed by atoms with E-state index in [9.17, 15) is 4.79 Å². The molecule has 2 aromatic rings. The van der Waals surface area contributed by atoms with Crippen molar-refractivity contribution in [2.75, 3.05) is 13.7 Å². The third-order valence-corrected chi connectivity index (χ3v) is 3.07. The quantitative estimate of drug-likeness (QED) is 0.788. The zero-order valence-corrected chi connectivity index (χ0v) is 12.0. The van der Waals surface area contributed by atoms with Crippen molar-refractivity contribution >= 4 is 21.7 Å². The first-order valence-corrected chi connectivity index (χ1v) is 6.54. The predicted octanol–water partition coefficient (Wildman–Crippen LogP) is 3.72. The molecule has 19 heavy (non-hydrogen) atoms. The lowest BCUT2D eigenvalue weighted by Gasteiger charge is -2.06. The van der Waals surface area contributed by atoms with Crippen LogP contribution in [0, 0.1) is 0 Å². The first kappa shape index (κ1) is 13.6. The van der Waals surface area contributed by atoms with Crippen LogP contribution in [-0.4, -0.2) is 19.5 Å². The molecule has 0 saturated carbocycles. The van der Waals surface area contributed by atoms with Gasteiger partial charge in [-0.15, -0.1) is 0 Å². The number of rotatable bonds is 5. The number of methoxy groups -OCH3 is 1. The summed E-state index contributed by atoms with van der Waals surface area (Å²) in [5.41, 5.74) is 0.607. The Labute approximate surface area is 120 Å². The van der Waals surface area contributed by atoms with Gasteiger partial charge in [-0.3, -0.25) is 4.79 Å². The van der Waals surface area contributed by atoms with E-state index in [0.29, 0.717) is 11.3 Å². The summed E-state index contributed by atoms with van der Waals surface area (Å²) in [6.07, 6.45) is 0. The lowest BCUT2D eigenvalue weighted by atomic mass is 10.1. The largest absolute Gasteiger partial charge is 0.497 e. The van der Waals surface area contributed by atoms with Crippen molar-refractivity contribution in [3.63, 3.8) is 0 Å². The second kappa shape index (κ2) is 6.38. The monoisotopic (exact) mass is 320 g/mol. The van der Waals surface area contributed by atoms with E-state index in [4.69, 9.17) is 9.47 Å². The van der Waals surface area contributed by atoms with Crippen molar-refractivity contribution in [2.24, 2.45) is 0 Å². The molecule has 0 aliphatic carbocycles. The van der Waals surface area contributed by atoms with E-state index in [0.717, 1.165) is 10.2 Å². The molecule has 0 radical (unpaired) electrons. The van der Waals surface area contributed by atoms with Crippen molar-refractivity contribution in [1.82, 2.24) is 0 Å². The van der Waals surface area contributed by atoms with Gasteiger partial charge in [0.2, 0.25) is 0 Å². The van der Waals surface area contributed by atoms with E-state index in [1.165, 1.54) is 0 Å². The fourth-order valence-electron chi connectivity index (χ4n) is 1.57. The van der Waals surface area contributed by atoms with Crippen molar-refractivity contribution in [3.05, 3.63) is 58.6 Å². The van der Waals surface area contributed by atoms with Crippen LogP contribution in [-0.2, 0) is 0 Å². The molecule has 0 bridgehead atoms. The second-order valence-corrected chi connectivity index (χ2v) is 4.81. The van der Waals surface area contributed by atoms with Crippen molar-refractivity contribution in [1.29, 1.82) is 0 Å². The van der Waals surface area contributed by atoms with Crippen LogP contribution in [0.1, 0.15) is 10.4 Å². The molecule has 98 valence electrons. The minimum absolute atomic E-state index is 0.0166. The molecule has 0 aliphatic rings. The van der Waals surface area contributed by atoms with Crippen LogP contribution in [0.3, 0.4) is 0 Å². The summed E-state index contributed by atoms with van der Waals surface area (Å²) in [5, 5.41) is 0. The summed E-state index contributed by atoms with van der Waals surface area (Å²) in [6, 6.07) is 14.4. The highest BCUT2D eigenvalue weighted by Crippen LogP contribution is 2.18. The van der Waals surface area contributed by atoms with Crippen LogP contribution in [0.15, 0.2) is 53.0 Å². The Morgan fingerprint density at radius 1 is 1.11 bits per heavy atom. The summed E-state index contributed by atoms with van der Waals surface area (Å²) in [6.45, 7) is 0.0166. The fourth-order valence-corrected chi connectivity index (χ4v) is 1.94. The van der Waals surface area contributed by atoms with Crippen molar-refractivity contribution in [3.8, 4) is 11.5 Å². The third-order valence-electron chi connectivity index (χ3n) is 2.58. The SMILES string of the molecule is COc1ccc(C(=O)COc2cccc(Br)c2)cc1. The molecule has 2 rings (SSSR count). The van der Waals surface area contributed by atoms with Gasteiger partial charge in [-0.2, -0.15) is 0 Å². The Morgan fingerprint density at radius 2 is 1.84 bits per heavy atom. The first-order chi connectivity index (χ1) is 9.19. The van der Waals surface area contributed by atoms with Gasteiger partial charge in [-0.25, -0.2) is 0 Å². The highest BCUT2D eigenvalue weighted by molar-refractivity contribution is 9.10. The van der Waals surface area contributed by atoms with Crippen LogP contribution >= 0.6 is 15.9 Å². The number of halogens is 1. The maximum atomic E-state index is 11.9. The highest BCUT2D eigenvalue weighted by Gasteiger charge is 2.07. The summed E-state index contributed by atoms with van der Waals surface area (Å²) < 4.78 is 11.4. The topological polar surface area (TPSA) is 35.5 Å². The number of ketones is 1. The molecule has 0 heterocycles. The Morgan fingerprint density at radius 3 is 2.47 bits per heavy atom. The molecular formula is C15H13BrO3. The first-order valence-electron chi connectivity index (χ1n) is 5.74. The molecule has 0 unspecified atom stereocenters. The number of Topliss-reactive ketones (excluding diaryl/α,β-unsaturated/α-hetero) is 1. The van der Waals surface area contributed by atoms with Crippen LogP contribution in [0.25, 0.3) is 0 Å². The maximum absolute atomic E-state index is 11.9. The average molecular weight is 321 g/mol. The number of hydrogen-bond donors (Lipinski definition) is 0. The van der Waals surface area contributed by atoms with E-state index < -0.39 is 0 Å². The van der Waals surface area contributed by atoms with Gasteiger partial charge in [0.15, 0.2) is 12.4 Å². The van der Waals surface area contributed by atoms with E-state index >= 15 is 0 Å². The van der Waals surface area contributed by atoms with Gasteiger partial charge >= 0.3 is 0 Å². The number of carbonyl (C=O) groups is 1. The maximum Gasteiger partial charge on any atom is 0.200 e. The Kier molecular flexibility index (Phi) is 4.58. The molecular weight excluding hydrogens is 308 g/mol. The normalized spacial score (nSPS) is 10.0. The molecule has 0 spiro atoms. The molecule has 3 nitrogen and oxygen atoms in total. The van der Waals surface area contributed by atoms with E-state index in [-0.39, 0.29) is 12.4 Å². The van der Waals surface area contributed by atoms with Gasteiger partial charge < -0.3 is 9.47 Å². The van der Waals surface area contributed by atoms with Gasteiger partial charge in [0.1, 0.15) is 11.5 Å². The van der Waals surface area contributed by atoms with Crippen LogP contribution in [0.2, 0.25) is 0 Å². The highest BCUT2D eigenvalue weighted by atomic mass is 79.9. The third kappa shape index (κ3) is 3.83. The van der Waals surface area contributed by atoms with Crippen LogP contribution < -0.4 is 9.47 Å². The number of benzene rings is 2. The Balaban J connectivity index is 1.97. The van der Waals surface area contributed by atoms with Gasteiger partial charge in [-0.1, -0.05) is 22.0 Å². The molecule has 0 fully saturated rings. The lowest BCUT2D eigenvalue weighted by Crippen LogP contribution is -2.11. The minimum Gasteiger partial charge on any atom is -0.497 e. The minimum atomic E-state index is -0.0670. The Hall–Kier alpha value is -1.81. The summed E-state index contributed by atoms with van der Waals surface area (Å²) in [7, 11) is 1.59. The van der Waals surface area contributed by atoms with Crippen LogP contribution in [0.4, 0.5) is 0 Å². The van der Waals surface area contributed by atoms with Crippen molar-refractivity contribution in [2.45, 2.75) is 0 Å². The Bertz CT molecular complexity index is 564. The van der Waals surface area contributed by atoms with Gasteiger partial charge in [-0.05, 0) is 42.5 Å². The second-order valence-electron chi connectivity index (χ2n) is 3.90. The number of ether oxygens (including phenoxy) is 2. The molecule has 0 aliphatic heterocycles. The molecule has 2 aromatic carbocycles. The zero-order valence-electron chi connectivity index (χ0n) is 10.4. The molecule has 0 atom stereocenters. The lowest BCUT2D eigenvalue weighted by molar-refractivity contribution is 0.0921. The molecule has 0 N–H and O–H groups in total. The van der Waals surface area contributed by atoms with Gasteiger partial charge in [0, 0.05) is 10.0 Å². The molecule has 0 amide bonds.